The van der Waals surface area contributed by atoms with Crippen LogP contribution in [0.3, 0.4) is 0 Å². The van der Waals surface area contributed by atoms with Gasteiger partial charge in [0.05, 0.1) is 17.2 Å². The van der Waals surface area contributed by atoms with Crippen molar-refractivity contribution in [1.29, 1.82) is 0 Å². The largest absolute Gasteiger partial charge is 0.332 e. The second kappa shape index (κ2) is 8.66. The first-order valence-electron chi connectivity index (χ1n) is 11.2. The maximum Gasteiger partial charge on any atom is 0.332 e. The summed E-state index contributed by atoms with van der Waals surface area (Å²) in [6.45, 7) is 0.293. The zero-order chi connectivity index (χ0) is 23.1. The molecule has 0 N–H and O–H groups in total. The van der Waals surface area contributed by atoms with Gasteiger partial charge in [0.2, 0.25) is 0 Å². The van der Waals surface area contributed by atoms with E-state index < -0.39 is 0 Å². The summed E-state index contributed by atoms with van der Waals surface area (Å²) in [5.74, 6) is 0.635. The number of hydrogen-bond donors (Lipinski definition) is 0. The molecule has 0 unspecified atom stereocenters. The summed E-state index contributed by atoms with van der Waals surface area (Å²) in [7, 11) is 3.37. The number of imidazole rings is 1. The van der Waals surface area contributed by atoms with E-state index in [1.165, 1.54) is 20.9 Å². The summed E-state index contributed by atoms with van der Waals surface area (Å²) in [5, 5.41) is 1.36. The fraction of sp³-hybridized carbons (Fsp3) is 0.435. The second-order valence-corrected chi connectivity index (χ2v) is 9.62. The van der Waals surface area contributed by atoms with Crippen molar-refractivity contribution in [3.63, 3.8) is 0 Å². The Morgan fingerprint density at radius 3 is 2.61 bits per heavy atom. The van der Waals surface area contributed by atoms with Crippen molar-refractivity contribution in [3.05, 3.63) is 61.8 Å². The van der Waals surface area contributed by atoms with Crippen LogP contribution < -0.4 is 16.8 Å². The van der Waals surface area contributed by atoms with Crippen molar-refractivity contribution in [2.45, 2.75) is 49.8 Å². The van der Waals surface area contributed by atoms with Gasteiger partial charge in [0, 0.05) is 32.4 Å². The molecule has 172 valence electrons. The highest BCUT2D eigenvalue weighted by Gasteiger charge is 2.23. The van der Waals surface area contributed by atoms with Crippen molar-refractivity contribution < 1.29 is 0 Å². The Morgan fingerprint density at radius 1 is 1.06 bits per heavy atom. The maximum absolute atomic E-state index is 13.3. The SMILES string of the molecule is Cn1cnc2c1c(=O)n(CCCSc1nc3ccccc3c(=O)n1C1CCCC1)c(=O)n2C. The van der Waals surface area contributed by atoms with Gasteiger partial charge in [-0.3, -0.25) is 23.3 Å². The zero-order valence-electron chi connectivity index (χ0n) is 18.7. The van der Waals surface area contributed by atoms with Crippen LogP contribution in [0.25, 0.3) is 22.1 Å². The Hall–Kier alpha value is -3.14. The second-order valence-electron chi connectivity index (χ2n) is 8.55. The third-order valence-electron chi connectivity index (χ3n) is 6.42. The average molecular weight is 467 g/mol. The van der Waals surface area contributed by atoms with E-state index >= 15 is 0 Å². The molecule has 0 saturated heterocycles. The van der Waals surface area contributed by atoms with Gasteiger partial charge < -0.3 is 4.57 Å². The van der Waals surface area contributed by atoms with Crippen molar-refractivity contribution in [2.75, 3.05) is 5.75 Å². The van der Waals surface area contributed by atoms with Gasteiger partial charge in [0.15, 0.2) is 16.3 Å². The Labute approximate surface area is 193 Å². The van der Waals surface area contributed by atoms with E-state index in [0.29, 0.717) is 45.9 Å². The Bertz CT molecular complexity index is 1520. The van der Waals surface area contributed by atoms with Gasteiger partial charge in [-0.25, -0.2) is 14.8 Å². The van der Waals surface area contributed by atoms with Gasteiger partial charge in [0.25, 0.3) is 11.1 Å². The van der Waals surface area contributed by atoms with Gasteiger partial charge >= 0.3 is 5.69 Å². The molecule has 1 saturated carbocycles. The highest BCUT2D eigenvalue weighted by molar-refractivity contribution is 7.99. The van der Waals surface area contributed by atoms with Crippen LogP contribution in [0.4, 0.5) is 0 Å². The fourth-order valence-electron chi connectivity index (χ4n) is 4.69. The van der Waals surface area contributed by atoms with E-state index in [1.54, 1.807) is 25.0 Å². The third kappa shape index (κ3) is 3.72. The minimum absolute atomic E-state index is 0.0155. The number of thioether (sulfide) groups is 1. The molecule has 0 amide bonds. The van der Waals surface area contributed by atoms with Crippen LogP contribution in [-0.4, -0.2) is 34.0 Å². The summed E-state index contributed by atoms with van der Waals surface area (Å²) in [6.07, 6.45) is 6.36. The molecule has 9 nitrogen and oxygen atoms in total. The van der Waals surface area contributed by atoms with E-state index in [2.05, 4.69) is 4.98 Å². The number of para-hydroxylation sites is 1. The van der Waals surface area contributed by atoms with Gasteiger partial charge in [0.1, 0.15) is 0 Å². The standard InChI is InChI=1S/C23H26N6O3S/c1-26-14-24-19-18(26)21(31)28(23(32)27(19)2)12-7-13-33-22-25-17-11-6-5-10-16(17)20(30)29(22)15-8-3-4-9-15/h5-6,10-11,14-15H,3-4,7-9,12-13H2,1-2H3. The van der Waals surface area contributed by atoms with Crippen LogP contribution in [0.1, 0.15) is 38.1 Å². The number of hydrogen-bond acceptors (Lipinski definition) is 6. The molecule has 33 heavy (non-hydrogen) atoms. The zero-order valence-corrected chi connectivity index (χ0v) is 19.5. The number of aryl methyl sites for hydroxylation is 2. The molecule has 0 spiro atoms. The van der Waals surface area contributed by atoms with E-state index in [9.17, 15) is 14.4 Å². The van der Waals surface area contributed by atoms with Gasteiger partial charge in [-0.15, -0.1) is 0 Å². The Balaban J connectivity index is 1.41. The predicted molar refractivity (Wildman–Crippen MR) is 129 cm³/mol. The Morgan fingerprint density at radius 2 is 1.82 bits per heavy atom. The van der Waals surface area contributed by atoms with Crippen molar-refractivity contribution in [3.8, 4) is 0 Å². The van der Waals surface area contributed by atoms with Crippen LogP contribution >= 0.6 is 11.8 Å². The molecule has 1 aromatic carbocycles. The lowest BCUT2D eigenvalue weighted by Crippen LogP contribution is -2.39. The molecule has 3 aromatic heterocycles. The van der Waals surface area contributed by atoms with Crippen LogP contribution in [0.5, 0.6) is 0 Å². The minimum atomic E-state index is -0.372. The number of rotatable bonds is 6. The lowest BCUT2D eigenvalue weighted by molar-refractivity contribution is 0.457. The van der Waals surface area contributed by atoms with E-state index in [-0.39, 0.29) is 22.9 Å². The summed E-state index contributed by atoms with van der Waals surface area (Å²) in [6, 6.07) is 7.64. The third-order valence-corrected chi connectivity index (χ3v) is 7.46. The first kappa shape index (κ1) is 21.7. The molecule has 3 heterocycles. The van der Waals surface area contributed by atoms with E-state index in [1.807, 2.05) is 28.8 Å². The van der Waals surface area contributed by atoms with Crippen LogP contribution in [0, 0.1) is 0 Å². The molecule has 5 rings (SSSR count). The number of benzene rings is 1. The smallest absolute Gasteiger partial charge is 0.328 e. The van der Waals surface area contributed by atoms with Gasteiger partial charge in [-0.1, -0.05) is 36.7 Å². The average Bonchev–Trinajstić information content (AvgIpc) is 3.47. The molecular formula is C23H26N6O3S. The van der Waals surface area contributed by atoms with Crippen LogP contribution in [-0.2, 0) is 20.6 Å². The van der Waals surface area contributed by atoms with Gasteiger partial charge in [-0.2, -0.15) is 0 Å². The summed E-state index contributed by atoms with van der Waals surface area (Å²) >= 11 is 1.52. The van der Waals surface area contributed by atoms with Crippen LogP contribution in [0.15, 0.2) is 50.1 Å². The molecule has 0 bridgehead atoms. The quantitative estimate of drug-likeness (QED) is 0.246. The first-order valence-corrected chi connectivity index (χ1v) is 12.2. The van der Waals surface area contributed by atoms with E-state index in [0.717, 1.165) is 25.7 Å². The predicted octanol–water partition coefficient (Wildman–Crippen LogP) is 2.44. The molecule has 0 atom stereocenters. The molecule has 1 aliphatic carbocycles. The molecule has 1 fully saturated rings. The lowest BCUT2D eigenvalue weighted by atomic mass is 10.2. The lowest BCUT2D eigenvalue weighted by Gasteiger charge is -2.18. The Kier molecular flexibility index (Phi) is 5.69. The highest BCUT2D eigenvalue weighted by Crippen LogP contribution is 2.32. The van der Waals surface area contributed by atoms with Crippen molar-refractivity contribution >= 4 is 33.8 Å². The minimum Gasteiger partial charge on any atom is -0.328 e. The maximum atomic E-state index is 13.3. The topological polar surface area (TPSA) is 96.7 Å². The molecule has 10 heteroatoms. The molecular weight excluding hydrogens is 440 g/mol. The fourth-order valence-corrected chi connectivity index (χ4v) is 5.68. The summed E-state index contributed by atoms with van der Waals surface area (Å²) in [4.78, 5) is 47.8. The first-order chi connectivity index (χ1) is 16.0. The molecule has 1 aliphatic rings. The summed E-state index contributed by atoms with van der Waals surface area (Å²) in [5.41, 5.74) is 0.815. The van der Waals surface area contributed by atoms with Crippen LogP contribution in [0.2, 0.25) is 0 Å². The normalized spacial score (nSPS) is 14.6. The summed E-state index contributed by atoms with van der Waals surface area (Å²) < 4.78 is 6.18. The van der Waals surface area contributed by atoms with E-state index in [4.69, 9.17) is 4.98 Å². The molecule has 4 aromatic rings. The number of fused-ring (bicyclic) bond motifs is 2. The van der Waals surface area contributed by atoms with Gasteiger partial charge in [-0.05, 0) is 31.4 Å². The number of nitrogens with zero attached hydrogens (tertiary/aromatic N) is 6. The van der Waals surface area contributed by atoms with Crippen molar-refractivity contribution in [1.82, 2.24) is 28.2 Å². The molecule has 0 aliphatic heterocycles. The number of aromatic nitrogens is 6. The monoisotopic (exact) mass is 466 g/mol. The molecule has 0 radical (unpaired) electrons. The highest BCUT2D eigenvalue weighted by atomic mass is 32.2. The van der Waals surface area contributed by atoms with Crippen molar-refractivity contribution in [2.24, 2.45) is 14.1 Å².